The topological polar surface area (TPSA) is 49.4 Å². The van der Waals surface area contributed by atoms with Crippen LogP contribution in [0.2, 0.25) is 0 Å². The summed E-state index contributed by atoms with van der Waals surface area (Å²) in [6.45, 7) is 2.87. The number of sulfonamides is 1. The summed E-state index contributed by atoms with van der Waals surface area (Å²) < 4.78 is 39.7. The fourth-order valence-corrected chi connectivity index (χ4v) is 3.07. The summed E-state index contributed by atoms with van der Waals surface area (Å²) in [7, 11) is -1.03. The number of nitrogens with zero attached hydrogens (tertiary/aromatic N) is 1. The van der Waals surface area contributed by atoms with Gasteiger partial charge in [0.1, 0.15) is 10.7 Å². The minimum absolute atomic E-state index is 0.289. The van der Waals surface area contributed by atoms with Gasteiger partial charge in [-0.1, -0.05) is 22.9 Å². The summed E-state index contributed by atoms with van der Waals surface area (Å²) in [4.78, 5) is -0.310. The maximum Gasteiger partial charge on any atom is 0.245 e. The second-order valence-corrected chi connectivity index (χ2v) is 6.98. The first kappa shape index (κ1) is 15.6. The van der Waals surface area contributed by atoms with E-state index in [2.05, 4.69) is 21.2 Å². The monoisotopic (exact) mass is 338 g/mol. The Morgan fingerprint density at radius 1 is 1.39 bits per heavy atom. The zero-order chi connectivity index (χ0) is 13.9. The van der Waals surface area contributed by atoms with Crippen LogP contribution in [0.15, 0.2) is 21.5 Å². The molecule has 0 atom stereocenters. The molecule has 1 aromatic carbocycles. The molecule has 0 radical (unpaired) electrons. The molecule has 0 spiro atoms. The van der Waals surface area contributed by atoms with Gasteiger partial charge in [-0.25, -0.2) is 17.1 Å². The lowest BCUT2D eigenvalue weighted by Crippen LogP contribution is -2.24. The van der Waals surface area contributed by atoms with Crippen LogP contribution in [0.4, 0.5) is 4.39 Å². The van der Waals surface area contributed by atoms with Crippen LogP contribution in [-0.2, 0) is 16.6 Å². The van der Waals surface area contributed by atoms with E-state index in [1.54, 1.807) is 6.07 Å². The highest BCUT2D eigenvalue weighted by Gasteiger charge is 2.24. The lowest BCUT2D eigenvalue weighted by atomic mass is 10.2. The van der Waals surface area contributed by atoms with E-state index in [1.165, 1.54) is 20.2 Å². The molecule has 102 valence electrons. The predicted molar refractivity (Wildman–Crippen MR) is 72.4 cm³/mol. The van der Waals surface area contributed by atoms with Crippen LogP contribution < -0.4 is 5.32 Å². The van der Waals surface area contributed by atoms with Gasteiger partial charge in [-0.05, 0) is 18.7 Å². The van der Waals surface area contributed by atoms with Crippen molar-refractivity contribution in [3.05, 3.63) is 28.0 Å². The molecular formula is C11H16BrFN2O2S. The van der Waals surface area contributed by atoms with Gasteiger partial charge >= 0.3 is 0 Å². The molecule has 0 bridgehead atoms. The van der Waals surface area contributed by atoms with Crippen molar-refractivity contribution in [2.24, 2.45) is 0 Å². The van der Waals surface area contributed by atoms with E-state index in [-0.39, 0.29) is 11.4 Å². The van der Waals surface area contributed by atoms with Crippen molar-refractivity contribution < 1.29 is 12.8 Å². The van der Waals surface area contributed by atoms with E-state index in [9.17, 15) is 12.8 Å². The number of hydrogen-bond donors (Lipinski definition) is 1. The molecule has 0 unspecified atom stereocenters. The van der Waals surface area contributed by atoms with Crippen molar-refractivity contribution >= 4 is 26.0 Å². The van der Waals surface area contributed by atoms with E-state index in [1.807, 2.05) is 6.92 Å². The van der Waals surface area contributed by atoms with E-state index in [0.717, 1.165) is 4.31 Å². The molecule has 4 nitrogen and oxygen atoms in total. The smallest absolute Gasteiger partial charge is 0.245 e. The Hall–Kier alpha value is -0.500. The van der Waals surface area contributed by atoms with Crippen LogP contribution in [0.1, 0.15) is 12.5 Å². The third kappa shape index (κ3) is 3.28. The standard InChI is InChI=1S/C11H16BrFN2O2S/c1-4-14-7-8-5-9(12)6-10(11(8)13)18(16,17)15(2)3/h5-6,14H,4,7H2,1-3H3. The summed E-state index contributed by atoms with van der Waals surface area (Å²) in [6.07, 6.45) is 0. The van der Waals surface area contributed by atoms with Gasteiger partial charge < -0.3 is 5.32 Å². The van der Waals surface area contributed by atoms with Crippen LogP contribution in [0, 0.1) is 5.82 Å². The van der Waals surface area contributed by atoms with Gasteiger partial charge in [0.25, 0.3) is 0 Å². The van der Waals surface area contributed by atoms with Gasteiger partial charge in [0, 0.05) is 30.7 Å². The number of halogens is 2. The Bertz CT molecular complexity index is 532. The fraction of sp³-hybridized carbons (Fsp3) is 0.455. The maximum absolute atomic E-state index is 14.2. The molecule has 0 aliphatic carbocycles. The second kappa shape index (κ2) is 6.10. The van der Waals surface area contributed by atoms with Gasteiger partial charge in [-0.3, -0.25) is 0 Å². The molecule has 1 N–H and O–H groups in total. The average Bonchev–Trinajstić information content (AvgIpc) is 2.29. The predicted octanol–water partition coefficient (Wildman–Crippen LogP) is 1.95. The normalized spacial score (nSPS) is 12.1. The number of hydrogen-bond acceptors (Lipinski definition) is 3. The molecule has 1 rings (SSSR count). The lowest BCUT2D eigenvalue weighted by Gasteiger charge is -2.14. The van der Waals surface area contributed by atoms with Crippen LogP contribution >= 0.6 is 15.9 Å². The summed E-state index contributed by atoms with van der Waals surface area (Å²) >= 11 is 3.20. The Balaban J connectivity index is 3.34. The molecule has 0 fully saturated rings. The van der Waals surface area contributed by atoms with Crippen LogP contribution in [-0.4, -0.2) is 33.4 Å². The Morgan fingerprint density at radius 2 is 2.00 bits per heavy atom. The Morgan fingerprint density at radius 3 is 2.50 bits per heavy atom. The number of nitrogens with one attached hydrogen (secondary N) is 1. The van der Waals surface area contributed by atoms with Crippen LogP contribution in [0.5, 0.6) is 0 Å². The molecule has 0 saturated heterocycles. The van der Waals surface area contributed by atoms with Crippen molar-refractivity contribution in [3.63, 3.8) is 0 Å². The third-order valence-electron chi connectivity index (χ3n) is 2.40. The lowest BCUT2D eigenvalue weighted by molar-refractivity contribution is 0.503. The van der Waals surface area contributed by atoms with Crippen molar-refractivity contribution in [2.75, 3.05) is 20.6 Å². The van der Waals surface area contributed by atoms with Crippen molar-refractivity contribution in [1.82, 2.24) is 9.62 Å². The molecule has 0 aliphatic heterocycles. The summed E-state index contributed by atoms with van der Waals surface area (Å²) in [5, 5.41) is 2.97. The molecule has 18 heavy (non-hydrogen) atoms. The van der Waals surface area contributed by atoms with Crippen LogP contribution in [0.25, 0.3) is 0 Å². The van der Waals surface area contributed by atoms with Gasteiger partial charge in [-0.15, -0.1) is 0 Å². The van der Waals surface area contributed by atoms with E-state index in [4.69, 9.17) is 0 Å². The Kier molecular flexibility index (Phi) is 5.27. The molecule has 1 aromatic rings. The highest BCUT2D eigenvalue weighted by molar-refractivity contribution is 9.10. The largest absolute Gasteiger partial charge is 0.313 e. The highest BCUT2D eigenvalue weighted by atomic mass is 79.9. The summed E-state index contributed by atoms with van der Waals surface area (Å²) in [6, 6.07) is 2.85. The van der Waals surface area contributed by atoms with E-state index >= 15 is 0 Å². The molecule has 0 heterocycles. The van der Waals surface area contributed by atoms with Crippen molar-refractivity contribution in [2.45, 2.75) is 18.4 Å². The summed E-state index contributed by atoms with van der Waals surface area (Å²) in [5.74, 6) is -0.701. The Labute approximate surface area is 115 Å². The van der Waals surface area contributed by atoms with Gasteiger partial charge in [0.2, 0.25) is 10.0 Å². The quantitative estimate of drug-likeness (QED) is 0.892. The molecule has 0 aliphatic rings. The fourth-order valence-electron chi connectivity index (χ4n) is 1.39. The first-order chi connectivity index (χ1) is 8.30. The van der Waals surface area contributed by atoms with Crippen molar-refractivity contribution in [3.8, 4) is 0 Å². The molecule has 0 saturated carbocycles. The molecular weight excluding hydrogens is 323 g/mol. The number of benzene rings is 1. The SMILES string of the molecule is CCNCc1cc(Br)cc(S(=O)(=O)N(C)C)c1F. The molecule has 0 aromatic heterocycles. The first-order valence-electron chi connectivity index (χ1n) is 5.41. The zero-order valence-electron chi connectivity index (χ0n) is 10.5. The van der Waals surface area contributed by atoms with E-state index in [0.29, 0.717) is 16.6 Å². The first-order valence-corrected chi connectivity index (χ1v) is 7.65. The van der Waals surface area contributed by atoms with Gasteiger partial charge in [-0.2, -0.15) is 0 Å². The maximum atomic E-state index is 14.2. The minimum Gasteiger partial charge on any atom is -0.313 e. The van der Waals surface area contributed by atoms with Crippen molar-refractivity contribution in [1.29, 1.82) is 0 Å². The van der Waals surface area contributed by atoms with Gasteiger partial charge in [0.15, 0.2) is 0 Å². The van der Waals surface area contributed by atoms with E-state index < -0.39 is 15.8 Å². The highest BCUT2D eigenvalue weighted by Crippen LogP contribution is 2.25. The molecule has 0 amide bonds. The van der Waals surface area contributed by atoms with Gasteiger partial charge in [0.05, 0.1) is 0 Å². The zero-order valence-corrected chi connectivity index (χ0v) is 12.9. The second-order valence-electron chi connectivity index (χ2n) is 3.94. The van der Waals surface area contributed by atoms with Crippen LogP contribution in [0.3, 0.4) is 0 Å². The summed E-state index contributed by atoms with van der Waals surface area (Å²) in [5.41, 5.74) is 0.326. The minimum atomic E-state index is -3.78. The average molecular weight is 339 g/mol. The third-order valence-corrected chi connectivity index (χ3v) is 4.68. The number of rotatable bonds is 5. The molecule has 7 heteroatoms.